The maximum atomic E-state index is 13.8. The third-order valence-corrected chi connectivity index (χ3v) is 4.05. The first-order chi connectivity index (χ1) is 8.91. The van der Waals surface area contributed by atoms with Crippen LogP contribution in [0.4, 0.5) is 4.39 Å². The second-order valence-corrected chi connectivity index (χ2v) is 5.09. The van der Waals surface area contributed by atoms with Gasteiger partial charge in [-0.15, -0.1) is 0 Å². The van der Waals surface area contributed by atoms with E-state index in [4.69, 9.17) is 5.11 Å². The van der Waals surface area contributed by atoms with Crippen molar-refractivity contribution in [3.63, 3.8) is 0 Å². The fourth-order valence-electron chi connectivity index (χ4n) is 2.87. The van der Waals surface area contributed by atoms with Gasteiger partial charge in [-0.2, -0.15) is 0 Å². The molecule has 1 aliphatic heterocycles. The number of rotatable bonds is 3. The largest absolute Gasteiger partial charge is 0.508 e. The molecule has 3 unspecified atom stereocenters. The van der Waals surface area contributed by atoms with E-state index in [1.165, 1.54) is 6.07 Å². The van der Waals surface area contributed by atoms with E-state index in [1.807, 2.05) is 18.7 Å². The predicted octanol–water partition coefficient (Wildman–Crippen LogP) is 2.39. The number of carboxylic acid groups (broad SMARTS) is 1. The number of likely N-dealkylation sites (tertiary alicyclic amines) is 1. The van der Waals surface area contributed by atoms with Gasteiger partial charge in [-0.25, -0.2) is 4.39 Å². The molecule has 1 saturated heterocycles. The van der Waals surface area contributed by atoms with Crippen LogP contribution in [0.2, 0.25) is 0 Å². The van der Waals surface area contributed by atoms with Crippen LogP contribution in [-0.4, -0.2) is 33.7 Å². The Morgan fingerprint density at radius 3 is 2.74 bits per heavy atom. The number of benzene rings is 1. The maximum Gasteiger partial charge on any atom is 0.308 e. The average Bonchev–Trinajstić information content (AvgIpc) is 2.70. The Hall–Kier alpha value is -1.62. The number of aromatic hydroxyl groups is 1. The van der Waals surface area contributed by atoms with E-state index in [0.29, 0.717) is 18.5 Å². The molecule has 19 heavy (non-hydrogen) atoms. The van der Waals surface area contributed by atoms with Crippen molar-refractivity contribution in [1.29, 1.82) is 0 Å². The number of carboxylic acids is 1. The van der Waals surface area contributed by atoms with E-state index in [2.05, 4.69) is 0 Å². The van der Waals surface area contributed by atoms with Crippen molar-refractivity contribution in [3.8, 4) is 5.75 Å². The second-order valence-electron chi connectivity index (χ2n) is 5.09. The number of halogens is 1. The van der Waals surface area contributed by atoms with Crippen molar-refractivity contribution in [3.05, 3.63) is 29.6 Å². The lowest BCUT2D eigenvalue weighted by Crippen LogP contribution is -2.35. The van der Waals surface area contributed by atoms with Gasteiger partial charge in [0.2, 0.25) is 0 Å². The molecule has 1 heterocycles. The second kappa shape index (κ2) is 5.17. The van der Waals surface area contributed by atoms with Crippen LogP contribution < -0.4 is 0 Å². The molecule has 0 radical (unpaired) electrons. The Morgan fingerprint density at radius 2 is 2.21 bits per heavy atom. The number of carbonyl (C=O) groups is 1. The Kier molecular flexibility index (Phi) is 3.75. The van der Waals surface area contributed by atoms with E-state index in [1.54, 1.807) is 6.07 Å². The number of nitrogens with zero attached hydrogens (tertiary/aromatic N) is 1. The summed E-state index contributed by atoms with van der Waals surface area (Å²) in [7, 11) is 0. The van der Waals surface area contributed by atoms with Gasteiger partial charge in [0, 0.05) is 23.7 Å². The summed E-state index contributed by atoms with van der Waals surface area (Å²) in [6, 6.07) is 3.75. The molecule has 1 aromatic carbocycles. The van der Waals surface area contributed by atoms with Gasteiger partial charge in [-0.1, -0.05) is 6.07 Å². The normalized spacial score (nSPS) is 25.4. The Morgan fingerprint density at radius 1 is 1.53 bits per heavy atom. The molecule has 0 spiro atoms. The Bertz CT molecular complexity index is 492. The van der Waals surface area contributed by atoms with Crippen LogP contribution in [0.25, 0.3) is 0 Å². The molecule has 0 aromatic heterocycles. The van der Waals surface area contributed by atoms with E-state index in [0.717, 1.165) is 6.07 Å². The lowest BCUT2D eigenvalue weighted by molar-refractivity contribution is -0.142. The summed E-state index contributed by atoms with van der Waals surface area (Å²) in [6.45, 7) is 4.36. The molecule has 1 fully saturated rings. The molecule has 1 aromatic rings. The third-order valence-electron chi connectivity index (χ3n) is 4.05. The molecule has 2 N–H and O–H groups in total. The van der Waals surface area contributed by atoms with Gasteiger partial charge in [-0.3, -0.25) is 9.69 Å². The minimum Gasteiger partial charge on any atom is -0.508 e. The third kappa shape index (κ3) is 2.56. The first kappa shape index (κ1) is 13.8. The van der Waals surface area contributed by atoms with Crippen LogP contribution in [0.1, 0.15) is 31.9 Å². The van der Waals surface area contributed by atoms with Crippen molar-refractivity contribution in [2.24, 2.45) is 5.92 Å². The van der Waals surface area contributed by atoms with Crippen LogP contribution in [-0.2, 0) is 4.79 Å². The zero-order chi connectivity index (χ0) is 14.2. The standard InChI is InChI=1S/C14H18FNO3/c1-8(11-4-3-10(17)7-13(11)15)16-6-5-12(9(16)2)14(18)19/h3-4,7-9,12,17H,5-6H2,1-2H3,(H,18,19). The first-order valence-corrected chi connectivity index (χ1v) is 6.38. The van der Waals surface area contributed by atoms with Gasteiger partial charge < -0.3 is 10.2 Å². The van der Waals surface area contributed by atoms with Crippen molar-refractivity contribution in [1.82, 2.24) is 4.90 Å². The van der Waals surface area contributed by atoms with Crippen molar-refractivity contribution in [2.75, 3.05) is 6.54 Å². The van der Waals surface area contributed by atoms with Gasteiger partial charge in [0.25, 0.3) is 0 Å². The smallest absolute Gasteiger partial charge is 0.308 e. The number of hydrogen-bond donors (Lipinski definition) is 2. The van der Waals surface area contributed by atoms with E-state index in [-0.39, 0.29) is 17.8 Å². The highest BCUT2D eigenvalue weighted by Gasteiger charge is 2.38. The summed E-state index contributed by atoms with van der Waals surface area (Å²) in [6.07, 6.45) is 0.584. The summed E-state index contributed by atoms with van der Waals surface area (Å²) in [4.78, 5) is 13.1. The fraction of sp³-hybridized carbons (Fsp3) is 0.500. The summed E-state index contributed by atoms with van der Waals surface area (Å²) in [5.41, 5.74) is 0.482. The van der Waals surface area contributed by atoms with Gasteiger partial charge in [0.15, 0.2) is 0 Å². The summed E-state index contributed by atoms with van der Waals surface area (Å²) in [5.74, 6) is -1.76. The Balaban J connectivity index is 2.20. The van der Waals surface area contributed by atoms with Crippen LogP contribution in [0.5, 0.6) is 5.75 Å². The predicted molar refractivity (Wildman–Crippen MR) is 68.4 cm³/mol. The molecule has 4 nitrogen and oxygen atoms in total. The topological polar surface area (TPSA) is 60.8 Å². The molecule has 3 atom stereocenters. The van der Waals surface area contributed by atoms with E-state index in [9.17, 15) is 14.3 Å². The average molecular weight is 267 g/mol. The molecule has 0 bridgehead atoms. The van der Waals surface area contributed by atoms with Crippen LogP contribution in [0, 0.1) is 11.7 Å². The zero-order valence-electron chi connectivity index (χ0n) is 11.0. The molecule has 104 valence electrons. The monoisotopic (exact) mass is 267 g/mol. The van der Waals surface area contributed by atoms with E-state index < -0.39 is 17.7 Å². The zero-order valence-corrected chi connectivity index (χ0v) is 11.0. The molecule has 2 rings (SSSR count). The minimum absolute atomic E-state index is 0.105. The molecular weight excluding hydrogens is 249 g/mol. The lowest BCUT2D eigenvalue weighted by atomic mass is 10.0. The maximum absolute atomic E-state index is 13.8. The highest BCUT2D eigenvalue weighted by atomic mass is 19.1. The van der Waals surface area contributed by atoms with Gasteiger partial charge >= 0.3 is 5.97 Å². The molecule has 0 amide bonds. The minimum atomic E-state index is -0.798. The van der Waals surface area contributed by atoms with Gasteiger partial charge in [0.1, 0.15) is 11.6 Å². The molecule has 0 saturated carbocycles. The molecule has 0 aliphatic carbocycles. The van der Waals surface area contributed by atoms with Crippen molar-refractivity contribution < 1.29 is 19.4 Å². The quantitative estimate of drug-likeness (QED) is 0.882. The molecular formula is C14H18FNO3. The first-order valence-electron chi connectivity index (χ1n) is 6.38. The summed E-state index contributed by atoms with van der Waals surface area (Å²) < 4.78 is 13.8. The van der Waals surface area contributed by atoms with Crippen LogP contribution in [0.15, 0.2) is 18.2 Å². The van der Waals surface area contributed by atoms with Gasteiger partial charge in [-0.05, 0) is 32.9 Å². The lowest BCUT2D eigenvalue weighted by Gasteiger charge is -2.30. The summed E-state index contributed by atoms with van der Waals surface area (Å²) in [5, 5.41) is 18.3. The fourth-order valence-corrected chi connectivity index (χ4v) is 2.87. The number of hydrogen-bond acceptors (Lipinski definition) is 3. The van der Waals surface area contributed by atoms with Crippen LogP contribution in [0.3, 0.4) is 0 Å². The highest BCUT2D eigenvalue weighted by Crippen LogP contribution is 2.34. The van der Waals surface area contributed by atoms with Crippen molar-refractivity contribution >= 4 is 5.97 Å². The number of phenols is 1. The van der Waals surface area contributed by atoms with Crippen LogP contribution >= 0.6 is 0 Å². The number of aliphatic carboxylic acids is 1. The molecule has 5 heteroatoms. The SMILES string of the molecule is CC(c1ccc(O)cc1F)N1CCC(C(=O)O)C1C. The van der Waals surface area contributed by atoms with E-state index >= 15 is 0 Å². The highest BCUT2D eigenvalue weighted by molar-refractivity contribution is 5.71. The molecule has 1 aliphatic rings. The summed E-state index contributed by atoms with van der Waals surface area (Å²) >= 11 is 0. The van der Waals surface area contributed by atoms with Gasteiger partial charge in [0.05, 0.1) is 5.92 Å². The number of phenolic OH excluding ortho intramolecular Hbond substituents is 1. The van der Waals surface area contributed by atoms with Crippen molar-refractivity contribution in [2.45, 2.75) is 32.4 Å². The Labute approximate surface area is 111 Å².